The average Bonchev–Trinajstić information content (AvgIpc) is 3.07. The number of amides is 2. The zero-order valence-corrected chi connectivity index (χ0v) is 21.8. The van der Waals surface area contributed by atoms with Crippen LogP contribution in [0.15, 0.2) is 39.4 Å². The number of halogens is 1. The van der Waals surface area contributed by atoms with Gasteiger partial charge in [-0.3, -0.25) is 14.5 Å². The third kappa shape index (κ3) is 5.31. The fraction of sp³-hybridized carbons (Fsp3) is 0.556. The van der Waals surface area contributed by atoms with Crippen molar-refractivity contribution in [1.82, 2.24) is 4.90 Å². The third-order valence-electron chi connectivity index (χ3n) is 7.25. The number of nitrogens with zero attached hydrogens (tertiary/aromatic N) is 1. The Morgan fingerprint density at radius 2 is 1.97 bits per heavy atom. The normalized spacial score (nSPS) is 24.1. The first-order valence-corrected chi connectivity index (χ1v) is 13.1. The molecule has 4 atom stereocenters. The Balaban J connectivity index is 1.83. The molecule has 7 heteroatoms. The van der Waals surface area contributed by atoms with Crippen LogP contribution >= 0.6 is 15.9 Å². The fourth-order valence-corrected chi connectivity index (χ4v) is 5.88. The van der Waals surface area contributed by atoms with Gasteiger partial charge in [-0.15, -0.1) is 0 Å². The van der Waals surface area contributed by atoms with Crippen molar-refractivity contribution in [3.05, 3.63) is 45.0 Å². The van der Waals surface area contributed by atoms with E-state index in [1.807, 2.05) is 32.9 Å². The van der Waals surface area contributed by atoms with Crippen LogP contribution in [0.25, 0.3) is 6.08 Å². The van der Waals surface area contributed by atoms with Crippen LogP contribution in [0.1, 0.15) is 64.9 Å². The molecule has 186 valence electrons. The summed E-state index contributed by atoms with van der Waals surface area (Å²) in [5.74, 6) is -1.72. The van der Waals surface area contributed by atoms with Crippen LogP contribution in [-0.4, -0.2) is 51.3 Å². The van der Waals surface area contributed by atoms with Gasteiger partial charge in [-0.1, -0.05) is 53.9 Å². The van der Waals surface area contributed by atoms with Crippen molar-refractivity contribution in [2.24, 2.45) is 17.8 Å². The fourth-order valence-electron chi connectivity index (χ4n) is 5.50. The first kappa shape index (κ1) is 26.6. The Kier molecular flexibility index (Phi) is 9.13. The van der Waals surface area contributed by atoms with E-state index in [9.17, 15) is 24.9 Å². The number of carbonyl (C=O) groups is 2. The number of allylic oxidation sites excluding steroid dienone is 2. The number of aromatic hydroxyl groups is 1. The Morgan fingerprint density at radius 3 is 2.59 bits per heavy atom. The average molecular weight is 534 g/mol. The first-order chi connectivity index (χ1) is 16.3. The highest BCUT2D eigenvalue weighted by atomic mass is 79.9. The number of carbonyl (C=O) groups excluding carboxylic acids is 2. The molecule has 0 bridgehead atoms. The minimum atomic E-state index is -0.803. The number of fused-ring (bicyclic) bond motifs is 1. The van der Waals surface area contributed by atoms with Gasteiger partial charge in [0.05, 0.1) is 24.5 Å². The van der Waals surface area contributed by atoms with E-state index in [4.69, 9.17) is 0 Å². The molecule has 3 N–H and O–H groups in total. The van der Waals surface area contributed by atoms with Crippen molar-refractivity contribution < 1.29 is 24.9 Å². The summed E-state index contributed by atoms with van der Waals surface area (Å²) in [5, 5.41) is 31.7. The van der Waals surface area contributed by atoms with E-state index in [0.717, 1.165) is 27.6 Å². The maximum Gasteiger partial charge on any atom is 0.233 e. The lowest BCUT2D eigenvalue weighted by atomic mass is 9.67. The second kappa shape index (κ2) is 11.6. The van der Waals surface area contributed by atoms with E-state index in [1.54, 1.807) is 12.1 Å². The number of hydrogen-bond donors (Lipinski definition) is 3. The summed E-state index contributed by atoms with van der Waals surface area (Å²) >= 11 is 3.43. The van der Waals surface area contributed by atoms with Gasteiger partial charge in [0.2, 0.25) is 11.8 Å². The van der Waals surface area contributed by atoms with Gasteiger partial charge in [0.1, 0.15) is 5.75 Å². The van der Waals surface area contributed by atoms with Gasteiger partial charge >= 0.3 is 0 Å². The number of likely N-dealkylation sites (tertiary alicyclic amines) is 1. The summed E-state index contributed by atoms with van der Waals surface area (Å²) in [6.07, 6.45) is 4.82. The molecule has 6 nitrogen and oxygen atoms in total. The van der Waals surface area contributed by atoms with E-state index < -0.39 is 23.9 Å². The van der Waals surface area contributed by atoms with E-state index in [1.165, 1.54) is 4.90 Å². The van der Waals surface area contributed by atoms with Gasteiger partial charge in [0.25, 0.3) is 0 Å². The minimum Gasteiger partial charge on any atom is -0.507 e. The number of hydrogen-bond acceptors (Lipinski definition) is 5. The van der Waals surface area contributed by atoms with Crippen molar-refractivity contribution >= 4 is 33.8 Å². The van der Waals surface area contributed by atoms with Crippen LogP contribution in [0, 0.1) is 17.8 Å². The number of benzene rings is 1. The molecular weight excluding hydrogens is 498 g/mol. The van der Waals surface area contributed by atoms with Gasteiger partial charge < -0.3 is 15.3 Å². The predicted octanol–water partition coefficient (Wildman–Crippen LogP) is 4.82. The second-order valence-electron chi connectivity index (χ2n) is 9.28. The van der Waals surface area contributed by atoms with Gasteiger partial charge in [0, 0.05) is 22.5 Å². The molecule has 1 fully saturated rings. The molecule has 1 saturated heterocycles. The highest BCUT2D eigenvalue weighted by molar-refractivity contribution is 9.10. The van der Waals surface area contributed by atoms with Gasteiger partial charge in [-0.25, -0.2) is 0 Å². The van der Waals surface area contributed by atoms with E-state index in [-0.39, 0.29) is 24.2 Å². The van der Waals surface area contributed by atoms with E-state index in [2.05, 4.69) is 15.9 Å². The minimum absolute atomic E-state index is 0.139. The molecule has 0 unspecified atom stereocenters. The summed E-state index contributed by atoms with van der Waals surface area (Å²) in [5.41, 5.74) is 3.53. The quantitative estimate of drug-likeness (QED) is 0.296. The van der Waals surface area contributed by atoms with Crippen LogP contribution < -0.4 is 0 Å². The molecule has 0 aromatic heterocycles. The van der Waals surface area contributed by atoms with Crippen molar-refractivity contribution in [1.29, 1.82) is 0 Å². The van der Waals surface area contributed by atoms with Gasteiger partial charge in [-0.2, -0.15) is 0 Å². The van der Waals surface area contributed by atoms with E-state index >= 15 is 0 Å². The number of phenolic OH excluding ortho intramolecular Hbond substituents is 1. The summed E-state index contributed by atoms with van der Waals surface area (Å²) in [7, 11) is 0. The predicted molar refractivity (Wildman–Crippen MR) is 136 cm³/mol. The Bertz CT molecular complexity index is 985. The SMILES string of the molecule is CCCN1C(=O)[C@@H]2[C@@H](CC(CC)=C([C@H](O)CC/C(=C/c3cc(Br)ccc3O)CC)[C@@H]2CO)C1=O. The Labute approximate surface area is 210 Å². The van der Waals surface area contributed by atoms with Crippen LogP contribution in [0.2, 0.25) is 0 Å². The summed E-state index contributed by atoms with van der Waals surface area (Å²) in [6, 6.07) is 5.28. The molecule has 0 radical (unpaired) electrons. The summed E-state index contributed by atoms with van der Waals surface area (Å²) in [6.45, 7) is 6.10. The first-order valence-electron chi connectivity index (χ1n) is 12.3. The maximum absolute atomic E-state index is 13.1. The van der Waals surface area contributed by atoms with E-state index in [0.29, 0.717) is 44.2 Å². The molecule has 1 aromatic carbocycles. The largest absolute Gasteiger partial charge is 0.507 e. The number of imide groups is 1. The zero-order valence-electron chi connectivity index (χ0n) is 20.3. The molecule has 0 spiro atoms. The molecule has 1 aromatic rings. The topological polar surface area (TPSA) is 98.1 Å². The van der Waals surface area contributed by atoms with Crippen LogP contribution in [-0.2, 0) is 9.59 Å². The standard InChI is InChI=1S/C27H36BrNO5/c1-4-11-29-26(33)20-14-17(6-3)24(21(15-30)25(20)27(29)34)23(32)9-7-16(5-2)12-18-13-19(28)8-10-22(18)31/h8,10,12-13,20-21,23,25,30-32H,4-7,9,11,14-15H2,1-3H3/b16-12+/t20-,21+,23-,25-/m1/s1. The lowest BCUT2D eigenvalue weighted by Gasteiger charge is -2.36. The molecule has 1 aliphatic carbocycles. The van der Waals surface area contributed by atoms with Crippen molar-refractivity contribution in [3.63, 3.8) is 0 Å². The molecule has 2 aliphatic rings. The molecular formula is C27H36BrNO5. The third-order valence-corrected chi connectivity index (χ3v) is 7.74. The van der Waals surface area contributed by atoms with Crippen molar-refractivity contribution in [3.8, 4) is 5.75 Å². The number of phenols is 1. The lowest BCUT2D eigenvalue weighted by molar-refractivity contribution is -0.140. The monoisotopic (exact) mass is 533 g/mol. The maximum atomic E-state index is 13.1. The molecule has 0 saturated carbocycles. The summed E-state index contributed by atoms with van der Waals surface area (Å²) < 4.78 is 0.875. The molecule has 1 aliphatic heterocycles. The Hall–Kier alpha value is -1.96. The van der Waals surface area contributed by atoms with Crippen LogP contribution in [0.4, 0.5) is 0 Å². The molecule has 34 heavy (non-hydrogen) atoms. The number of aliphatic hydroxyl groups excluding tert-OH is 2. The van der Waals surface area contributed by atoms with Crippen LogP contribution in [0.5, 0.6) is 5.75 Å². The smallest absolute Gasteiger partial charge is 0.233 e. The molecule has 3 rings (SSSR count). The number of aliphatic hydroxyl groups is 2. The van der Waals surface area contributed by atoms with Gasteiger partial charge in [-0.05, 0) is 62.3 Å². The second-order valence-corrected chi connectivity index (χ2v) is 10.2. The Morgan fingerprint density at radius 1 is 1.24 bits per heavy atom. The molecule has 1 heterocycles. The zero-order chi connectivity index (χ0) is 25.0. The van der Waals surface area contributed by atoms with Gasteiger partial charge in [0.15, 0.2) is 0 Å². The van der Waals surface area contributed by atoms with Crippen molar-refractivity contribution in [2.45, 2.75) is 65.4 Å². The highest BCUT2D eigenvalue weighted by Gasteiger charge is 2.54. The lowest BCUT2D eigenvalue weighted by Crippen LogP contribution is -2.39. The van der Waals surface area contributed by atoms with Crippen LogP contribution in [0.3, 0.4) is 0 Å². The summed E-state index contributed by atoms with van der Waals surface area (Å²) in [4.78, 5) is 27.4. The van der Waals surface area contributed by atoms with Crippen molar-refractivity contribution in [2.75, 3.05) is 13.2 Å². The molecule has 2 amide bonds. The number of rotatable bonds is 10. The highest BCUT2D eigenvalue weighted by Crippen LogP contribution is 2.47.